The SMILES string of the molecule is C1CCOC1.C1CCOC1.C1CCOC1.C1CCOC1.C1CCOC1.C1CCOC1.C1CCOC1.C1CCOC1.C1CCOC1.CCCCCC. The summed E-state index contributed by atoms with van der Waals surface area (Å²) < 4.78 is 44.5. The van der Waals surface area contributed by atoms with Crippen LogP contribution in [0.5, 0.6) is 0 Å². The molecule has 0 spiro atoms. The molecule has 9 saturated heterocycles. The maximum Gasteiger partial charge on any atom is 0.0466 e. The maximum absolute atomic E-state index is 4.94. The molecule has 0 amide bonds. The van der Waals surface area contributed by atoms with Crippen LogP contribution in [0.2, 0.25) is 0 Å². The largest absolute Gasteiger partial charge is 0.381 e. The number of ether oxygens (including phenoxy) is 9. The van der Waals surface area contributed by atoms with E-state index in [1.54, 1.807) is 0 Å². The molecule has 0 aromatic heterocycles. The Morgan fingerprint density at radius 3 is 0.333 bits per heavy atom. The fraction of sp³-hybridized carbons (Fsp3) is 1.00. The topological polar surface area (TPSA) is 83.1 Å². The summed E-state index contributed by atoms with van der Waals surface area (Å²) in [6.07, 6.45) is 28.5. The van der Waals surface area contributed by atoms with Crippen molar-refractivity contribution < 1.29 is 42.6 Å². The van der Waals surface area contributed by atoms with Gasteiger partial charge in [0.2, 0.25) is 0 Å². The van der Waals surface area contributed by atoms with E-state index in [0.717, 1.165) is 119 Å². The lowest BCUT2D eigenvalue weighted by molar-refractivity contribution is 0.198. The van der Waals surface area contributed by atoms with Crippen molar-refractivity contribution in [3.63, 3.8) is 0 Å². The summed E-state index contributed by atoms with van der Waals surface area (Å²) in [5, 5.41) is 0. The van der Waals surface area contributed by atoms with Gasteiger partial charge < -0.3 is 42.6 Å². The summed E-state index contributed by atoms with van der Waals surface area (Å²) in [5.41, 5.74) is 0. The molecule has 9 heterocycles. The van der Waals surface area contributed by atoms with Gasteiger partial charge in [-0.2, -0.15) is 0 Å². The van der Waals surface area contributed by atoms with Crippen molar-refractivity contribution in [2.45, 2.75) is 155 Å². The van der Waals surface area contributed by atoms with Gasteiger partial charge in [0, 0.05) is 119 Å². The molecule has 0 radical (unpaired) electrons. The zero-order valence-electron chi connectivity index (χ0n) is 34.0. The summed E-state index contributed by atoms with van der Waals surface area (Å²) in [7, 11) is 0. The molecule has 0 atom stereocenters. The summed E-state index contributed by atoms with van der Waals surface area (Å²) in [4.78, 5) is 0. The predicted octanol–water partition coefficient (Wildman–Crippen LogP) is 9.76. The van der Waals surface area contributed by atoms with Crippen molar-refractivity contribution in [1.82, 2.24) is 0 Å². The lowest BCUT2D eigenvalue weighted by atomic mass is 10.2. The Morgan fingerprint density at radius 2 is 0.294 bits per heavy atom. The molecule has 9 nitrogen and oxygen atoms in total. The average Bonchev–Trinajstić information content (AvgIpc) is 4.10. The standard InChI is InChI=1S/C6H14.9C4H8O/c1-3-5-6-4-2;9*1-2-4-5-3-1/h3-6H2,1-2H3;9*1-4H2. The fourth-order valence-corrected chi connectivity index (χ4v) is 5.09. The minimum Gasteiger partial charge on any atom is -0.381 e. The predicted molar refractivity (Wildman–Crippen MR) is 210 cm³/mol. The Morgan fingerprint density at radius 1 is 0.196 bits per heavy atom. The molecule has 0 unspecified atom stereocenters. The number of hydrogen-bond acceptors (Lipinski definition) is 9. The van der Waals surface area contributed by atoms with Gasteiger partial charge in [-0.25, -0.2) is 0 Å². The zero-order chi connectivity index (χ0) is 36.6. The van der Waals surface area contributed by atoms with E-state index in [0.29, 0.717) is 0 Å². The van der Waals surface area contributed by atoms with Gasteiger partial charge in [-0.3, -0.25) is 0 Å². The molecule has 0 bridgehead atoms. The summed E-state index contributed by atoms with van der Waals surface area (Å²) in [5.74, 6) is 0. The second-order valence-electron chi connectivity index (χ2n) is 13.6. The average molecular weight is 735 g/mol. The summed E-state index contributed by atoms with van der Waals surface area (Å²) in [6.45, 7) is 22.5. The van der Waals surface area contributed by atoms with Crippen LogP contribution >= 0.6 is 0 Å². The number of rotatable bonds is 3. The molecule has 9 fully saturated rings. The van der Waals surface area contributed by atoms with E-state index in [4.69, 9.17) is 42.6 Å². The highest BCUT2D eigenvalue weighted by Crippen LogP contribution is 2.02. The van der Waals surface area contributed by atoms with Gasteiger partial charge in [0.15, 0.2) is 0 Å². The summed E-state index contributed by atoms with van der Waals surface area (Å²) in [6, 6.07) is 0. The highest BCUT2D eigenvalue weighted by Gasteiger charge is 1.98. The Hall–Kier alpha value is -0.360. The van der Waals surface area contributed by atoms with Crippen molar-refractivity contribution in [1.29, 1.82) is 0 Å². The van der Waals surface area contributed by atoms with Gasteiger partial charge in [-0.15, -0.1) is 0 Å². The van der Waals surface area contributed by atoms with Gasteiger partial charge in [0.1, 0.15) is 0 Å². The zero-order valence-corrected chi connectivity index (χ0v) is 34.0. The van der Waals surface area contributed by atoms with E-state index in [1.807, 2.05) is 0 Å². The first-order chi connectivity index (χ1) is 25.4. The maximum atomic E-state index is 4.94. The van der Waals surface area contributed by atoms with Crippen molar-refractivity contribution in [2.24, 2.45) is 0 Å². The van der Waals surface area contributed by atoms with Crippen molar-refractivity contribution in [2.75, 3.05) is 119 Å². The van der Waals surface area contributed by atoms with Crippen LogP contribution < -0.4 is 0 Å². The van der Waals surface area contributed by atoms with E-state index in [9.17, 15) is 0 Å². The van der Waals surface area contributed by atoms with Gasteiger partial charge in [0.05, 0.1) is 0 Å². The molecular formula is C42H86O9. The third kappa shape index (κ3) is 49.6. The van der Waals surface area contributed by atoms with Crippen LogP contribution in [0.4, 0.5) is 0 Å². The van der Waals surface area contributed by atoms with Crippen LogP contribution in [0, 0.1) is 0 Å². The van der Waals surface area contributed by atoms with Crippen LogP contribution in [-0.4, -0.2) is 119 Å². The quantitative estimate of drug-likeness (QED) is 0.263. The summed E-state index contributed by atoms with van der Waals surface area (Å²) >= 11 is 0. The Balaban J connectivity index is 0.000000545. The third-order valence-electron chi connectivity index (χ3n) is 8.40. The van der Waals surface area contributed by atoms with Gasteiger partial charge >= 0.3 is 0 Å². The monoisotopic (exact) mass is 735 g/mol. The molecule has 9 rings (SSSR count). The van der Waals surface area contributed by atoms with Crippen LogP contribution in [-0.2, 0) is 42.6 Å². The second-order valence-corrected chi connectivity index (χ2v) is 13.6. The molecule has 0 aromatic rings. The Labute approximate surface area is 316 Å². The molecule has 0 saturated carbocycles. The van der Waals surface area contributed by atoms with Crippen LogP contribution in [0.15, 0.2) is 0 Å². The molecule has 9 aliphatic rings. The molecule has 9 aliphatic heterocycles. The van der Waals surface area contributed by atoms with Crippen LogP contribution in [0.3, 0.4) is 0 Å². The number of hydrogen-bond donors (Lipinski definition) is 0. The normalized spacial score (nSPS) is 22.2. The Bertz CT molecular complexity index is 333. The first kappa shape index (κ1) is 50.6. The van der Waals surface area contributed by atoms with Crippen LogP contribution in [0.25, 0.3) is 0 Å². The first-order valence-corrected chi connectivity index (χ1v) is 21.6. The van der Waals surface area contributed by atoms with E-state index < -0.39 is 0 Å². The lowest BCUT2D eigenvalue weighted by Gasteiger charge is -1.86. The van der Waals surface area contributed by atoms with Crippen molar-refractivity contribution in [3.8, 4) is 0 Å². The minimum atomic E-state index is 1.00. The second kappa shape index (κ2) is 49.6. The minimum absolute atomic E-state index is 1.00. The molecule has 0 aromatic carbocycles. The smallest absolute Gasteiger partial charge is 0.0466 e. The third-order valence-corrected chi connectivity index (χ3v) is 8.40. The van der Waals surface area contributed by atoms with E-state index >= 15 is 0 Å². The van der Waals surface area contributed by atoms with Crippen molar-refractivity contribution in [3.05, 3.63) is 0 Å². The molecule has 9 heteroatoms. The molecule has 0 N–H and O–H groups in total. The molecule has 51 heavy (non-hydrogen) atoms. The molecule has 0 aliphatic carbocycles. The highest BCUT2D eigenvalue weighted by molar-refractivity contribution is 4.47. The lowest BCUT2D eigenvalue weighted by Crippen LogP contribution is -1.74. The van der Waals surface area contributed by atoms with E-state index in [-0.39, 0.29) is 0 Å². The molecular weight excluding hydrogens is 648 g/mol. The van der Waals surface area contributed by atoms with E-state index in [1.165, 1.54) is 141 Å². The molecule has 308 valence electrons. The van der Waals surface area contributed by atoms with Crippen molar-refractivity contribution >= 4 is 0 Å². The Kier molecular flexibility index (Phi) is 49.3. The number of unbranched alkanes of at least 4 members (excludes halogenated alkanes) is 3. The van der Waals surface area contributed by atoms with E-state index in [2.05, 4.69) is 13.8 Å². The van der Waals surface area contributed by atoms with Crippen LogP contribution in [0.1, 0.15) is 155 Å². The fourth-order valence-electron chi connectivity index (χ4n) is 5.09. The van der Waals surface area contributed by atoms with Gasteiger partial charge in [-0.1, -0.05) is 39.5 Å². The highest BCUT2D eigenvalue weighted by atomic mass is 16.5. The van der Waals surface area contributed by atoms with Gasteiger partial charge in [0.25, 0.3) is 0 Å². The first-order valence-electron chi connectivity index (χ1n) is 21.6. The van der Waals surface area contributed by atoms with Gasteiger partial charge in [-0.05, 0) is 116 Å².